The molecule has 0 aromatic rings. The van der Waals surface area contributed by atoms with Crippen LogP contribution in [-0.4, -0.2) is 35.4 Å². The molecule has 0 radical (unpaired) electrons. The average molecular weight is 273 g/mol. The fraction of sp³-hybridized carbons (Fsp3) is 1.00. The Morgan fingerprint density at radius 3 is 2.31 bits per heavy atom. The molecule has 0 heterocycles. The third-order valence-electron chi connectivity index (χ3n) is 2.81. The Hall–Kier alpha value is 0.450. The summed E-state index contributed by atoms with van der Waals surface area (Å²) in [6.45, 7) is 0.457. The minimum Gasteiger partial charge on any atom is -0.313 e. The Morgan fingerprint density at radius 2 is 1.81 bits per heavy atom. The number of hydrogen-bond acceptors (Lipinski definition) is 3. The zero-order valence-corrected chi connectivity index (χ0v) is 11.0. The van der Waals surface area contributed by atoms with Crippen molar-refractivity contribution in [1.29, 1.82) is 0 Å². The molecule has 0 aromatic carbocycles. The van der Waals surface area contributed by atoms with E-state index in [1.54, 1.807) is 0 Å². The number of hydrogen-bond donors (Lipinski definition) is 1. The second-order valence-electron chi connectivity index (χ2n) is 3.96. The third-order valence-corrected chi connectivity index (χ3v) is 4.68. The lowest BCUT2D eigenvalue weighted by Gasteiger charge is -2.28. The molecule has 0 aromatic heterocycles. The predicted molar refractivity (Wildman–Crippen MR) is 66.1 cm³/mol. The molecular weight excluding hydrogens is 255 g/mol. The van der Waals surface area contributed by atoms with E-state index in [0.29, 0.717) is 12.6 Å². The summed E-state index contributed by atoms with van der Waals surface area (Å²) in [5, 5.41) is 3.96. The van der Waals surface area contributed by atoms with E-state index in [-0.39, 0.29) is 17.5 Å². The highest BCUT2D eigenvalue weighted by atomic mass is 32.2. The van der Waals surface area contributed by atoms with Crippen molar-refractivity contribution in [2.24, 2.45) is 0 Å². The number of thioether (sulfide) groups is 2. The summed E-state index contributed by atoms with van der Waals surface area (Å²) in [4.78, 5) is 0. The van der Waals surface area contributed by atoms with Crippen LogP contribution in [0.1, 0.15) is 25.7 Å². The molecule has 1 saturated carbocycles. The Balaban J connectivity index is 2.02. The molecule has 1 aliphatic carbocycles. The first-order valence-corrected chi connectivity index (χ1v) is 7.75. The van der Waals surface area contributed by atoms with Gasteiger partial charge in [0.25, 0.3) is 0 Å². The fourth-order valence-corrected chi connectivity index (χ4v) is 3.13. The van der Waals surface area contributed by atoms with Gasteiger partial charge >= 0.3 is 5.51 Å². The van der Waals surface area contributed by atoms with Crippen LogP contribution in [0.15, 0.2) is 0 Å². The first-order valence-electron chi connectivity index (χ1n) is 5.48. The molecule has 1 nitrogen and oxygen atoms in total. The summed E-state index contributed by atoms with van der Waals surface area (Å²) in [5.74, 6) is 0.117. The maximum absolute atomic E-state index is 11.9. The average Bonchev–Trinajstić information content (AvgIpc) is 2.24. The van der Waals surface area contributed by atoms with Crippen LogP contribution in [0.4, 0.5) is 13.2 Å². The molecule has 1 rings (SSSR count). The van der Waals surface area contributed by atoms with Crippen molar-refractivity contribution in [2.75, 3.05) is 18.6 Å². The second kappa shape index (κ2) is 7.01. The molecule has 96 valence electrons. The van der Waals surface area contributed by atoms with E-state index < -0.39 is 5.51 Å². The van der Waals surface area contributed by atoms with Crippen molar-refractivity contribution in [3.05, 3.63) is 0 Å². The van der Waals surface area contributed by atoms with Gasteiger partial charge in [0.15, 0.2) is 0 Å². The van der Waals surface area contributed by atoms with Gasteiger partial charge in [0.1, 0.15) is 0 Å². The normalized spacial score (nSPS) is 27.0. The molecule has 0 amide bonds. The van der Waals surface area contributed by atoms with Gasteiger partial charge in [-0.3, -0.25) is 0 Å². The van der Waals surface area contributed by atoms with Gasteiger partial charge in [0, 0.05) is 23.6 Å². The molecule has 1 aliphatic rings. The minimum atomic E-state index is -4.09. The Kier molecular flexibility index (Phi) is 6.36. The highest BCUT2D eigenvalue weighted by molar-refractivity contribution is 8.00. The lowest BCUT2D eigenvalue weighted by atomic mass is 9.95. The molecule has 16 heavy (non-hydrogen) atoms. The summed E-state index contributed by atoms with van der Waals surface area (Å²) in [7, 11) is 0. The first-order chi connectivity index (χ1) is 7.51. The molecule has 0 unspecified atom stereocenters. The third kappa shape index (κ3) is 6.25. The number of nitrogens with one attached hydrogen (secondary N) is 1. The van der Waals surface area contributed by atoms with E-state index in [1.165, 1.54) is 12.8 Å². The van der Waals surface area contributed by atoms with Gasteiger partial charge in [-0.05, 0) is 43.7 Å². The topological polar surface area (TPSA) is 12.0 Å². The van der Waals surface area contributed by atoms with Crippen molar-refractivity contribution >= 4 is 23.5 Å². The number of rotatable bonds is 5. The van der Waals surface area contributed by atoms with E-state index in [4.69, 9.17) is 0 Å². The SMILES string of the molecule is CSC1CCC(NCCSC(F)(F)F)CC1. The van der Waals surface area contributed by atoms with E-state index in [0.717, 1.165) is 18.1 Å². The van der Waals surface area contributed by atoms with Gasteiger partial charge in [-0.2, -0.15) is 24.9 Å². The Morgan fingerprint density at radius 1 is 1.19 bits per heavy atom. The highest BCUT2D eigenvalue weighted by Crippen LogP contribution is 2.30. The Bertz CT molecular complexity index is 191. The van der Waals surface area contributed by atoms with Gasteiger partial charge < -0.3 is 5.32 Å². The predicted octanol–water partition coefficient (Wildman–Crippen LogP) is 3.50. The van der Waals surface area contributed by atoms with Crippen molar-refractivity contribution in [3.63, 3.8) is 0 Å². The molecule has 0 spiro atoms. The van der Waals surface area contributed by atoms with Gasteiger partial charge in [0.2, 0.25) is 0 Å². The van der Waals surface area contributed by atoms with Gasteiger partial charge in [-0.15, -0.1) is 0 Å². The largest absolute Gasteiger partial charge is 0.441 e. The van der Waals surface area contributed by atoms with Crippen LogP contribution in [0, 0.1) is 0 Å². The lowest BCUT2D eigenvalue weighted by molar-refractivity contribution is -0.0327. The van der Waals surface area contributed by atoms with E-state index in [2.05, 4.69) is 11.6 Å². The van der Waals surface area contributed by atoms with Gasteiger partial charge in [0.05, 0.1) is 0 Å². The van der Waals surface area contributed by atoms with Crippen molar-refractivity contribution in [2.45, 2.75) is 42.5 Å². The standard InChI is InChI=1S/C10H18F3NS2/c1-15-9-4-2-8(3-5-9)14-6-7-16-10(11,12)13/h8-9,14H,2-7H2,1H3. The summed E-state index contributed by atoms with van der Waals surface area (Å²) in [6.07, 6.45) is 6.69. The molecule has 6 heteroatoms. The molecule has 0 saturated heterocycles. The van der Waals surface area contributed by atoms with Gasteiger partial charge in [-0.25, -0.2) is 0 Å². The Labute approximate surface area is 103 Å². The van der Waals surface area contributed by atoms with E-state index in [1.807, 2.05) is 11.8 Å². The van der Waals surface area contributed by atoms with Crippen molar-refractivity contribution in [3.8, 4) is 0 Å². The first kappa shape index (κ1) is 14.5. The summed E-state index contributed by atoms with van der Waals surface area (Å²) < 4.78 is 35.6. The maximum Gasteiger partial charge on any atom is 0.441 e. The van der Waals surface area contributed by atoms with E-state index in [9.17, 15) is 13.2 Å². The van der Waals surface area contributed by atoms with Crippen LogP contribution < -0.4 is 5.32 Å². The molecule has 0 aliphatic heterocycles. The number of halogens is 3. The monoisotopic (exact) mass is 273 g/mol. The summed E-state index contributed by atoms with van der Waals surface area (Å²) in [6, 6.07) is 0.428. The van der Waals surface area contributed by atoms with Crippen LogP contribution >= 0.6 is 23.5 Å². The summed E-state index contributed by atoms with van der Waals surface area (Å²) in [5.41, 5.74) is -4.09. The second-order valence-corrected chi connectivity index (χ2v) is 6.26. The van der Waals surface area contributed by atoms with Crippen LogP contribution in [0.2, 0.25) is 0 Å². The van der Waals surface area contributed by atoms with Crippen LogP contribution in [0.3, 0.4) is 0 Å². The summed E-state index contributed by atoms with van der Waals surface area (Å²) >= 11 is 1.96. The van der Waals surface area contributed by atoms with E-state index >= 15 is 0 Å². The maximum atomic E-state index is 11.9. The number of alkyl halides is 3. The quantitative estimate of drug-likeness (QED) is 0.770. The van der Waals surface area contributed by atoms with Gasteiger partial charge in [-0.1, -0.05) is 0 Å². The molecule has 1 N–H and O–H groups in total. The van der Waals surface area contributed by atoms with Crippen molar-refractivity contribution < 1.29 is 13.2 Å². The zero-order chi connectivity index (χ0) is 12.0. The fourth-order valence-electron chi connectivity index (χ4n) is 1.93. The van der Waals surface area contributed by atoms with Crippen LogP contribution in [-0.2, 0) is 0 Å². The lowest BCUT2D eigenvalue weighted by Crippen LogP contribution is -2.35. The minimum absolute atomic E-state index is 0.0606. The molecule has 1 fully saturated rings. The zero-order valence-electron chi connectivity index (χ0n) is 9.35. The van der Waals surface area contributed by atoms with Crippen molar-refractivity contribution in [1.82, 2.24) is 5.32 Å². The molecule has 0 atom stereocenters. The van der Waals surface area contributed by atoms with Crippen LogP contribution in [0.25, 0.3) is 0 Å². The smallest absolute Gasteiger partial charge is 0.313 e. The molecular formula is C10H18F3NS2. The highest BCUT2D eigenvalue weighted by Gasteiger charge is 2.27. The molecule has 0 bridgehead atoms. The van der Waals surface area contributed by atoms with Crippen LogP contribution in [0.5, 0.6) is 0 Å².